The molecule has 0 atom stereocenters. The number of aromatic nitrogens is 3. The van der Waals surface area contributed by atoms with Crippen LogP contribution in [-0.2, 0) is 0 Å². The maximum absolute atomic E-state index is 11.4. The fourth-order valence-corrected chi connectivity index (χ4v) is 4.47. The average molecular weight is 401 g/mol. The van der Waals surface area contributed by atoms with Gasteiger partial charge in [-0.05, 0) is 31.2 Å². The molecule has 0 saturated heterocycles. The molecule has 138 valence electrons. The molecule has 1 amide bonds. The van der Waals surface area contributed by atoms with Crippen molar-refractivity contribution < 1.29 is 14.7 Å². The number of fused-ring (bicyclic) bond motifs is 1. The number of rotatable bonds is 5. The third kappa shape index (κ3) is 3.25. The molecule has 10 heteroatoms. The summed E-state index contributed by atoms with van der Waals surface area (Å²) in [5.74, 6) is 0.209. The van der Waals surface area contributed by atoms with Crippen molar-refractivity contribution in [3.05, 3.63) is 47.2 Å². The second-order valence-corrected chi connectivity index (χ2v) is 7.72. The van der Waals surface area contributed by atoms with Crippen molar-refractivity contribution in [2.45, 2.75) is 6.92 Å². The van der Waals surface area contributed by atoms with Gasteiger partial charge in [-0.3, -0.25) is 14.4 Å². The van der Waals surface area contributed by atoms with E-state index < -0.39 is 5.91 Å². The molecule has 0 radical (unpaired) electrons. The third-order valence-electron chi connectivity index (χ3n) is 3.90. The summed E-state index contributed by atoms with van der Waals surface area (Å²) in [5, 5.41) is 13.3. The molecule has 0 spiro atoms. The fourth-order valence-electron chi connectivity index (χ4n) is 2.69. The van der Waals surface area contributed by atoms with Crippen LogP contribution in [0.5, 0.6) is 5.75 Å². The van der Waals surface area contributed by atoms with E-state index in [9.17, 15) is 4.79 Å². The minimum atomic E-state index is -0.539. The minimum Gasteiger partial charge on any atom is -0.495 e. The largest absolute Gasteiger partial charge is 0.495 e. The molecule has 0 bridgehead atoms. The lowest BCUT2D eigenvalue weighted by molar-refractivity contribution is 0.0711. The summed E-state index contributed by atoms with van der Waals surface area (Å²) in [6.45, 7) is 1.96. The summed E-state index contributed by atoms with van der Waals surface area (Å²) in [7, 11) is 1.63. The number of anilines is 2. The molecule has 8 nitrogen and oxygen atoms in total. The molecular weight excluding hydrogens is 386 g/mol. The first-order valence-electron chi connectivity index (χ1n) is 7.89. The van der Waals surface area contributed by atoms with E-state index in [1.807, 2.05) is 29.7 Å². The maximum Gasteiger partial charge on any atom is 0.284 e. The number of nitrogens with one attached hydrogen (secondary N) is 2. The van der Waals surface area contributed by atoms with E-state index in [2.05, 4.69) is 15.3 Å². The van der Waals surface area contributed by atoms with Gasteiger partial charge >= 0.3 is 0 Å². The molecule has 0 aliphatic carbocycles. The van der Waals surface area contributed by atoms with Crippen LogP contribution in [0, 0.1) is 6.92 Å². The van der Waals surface area contributed by atoms with Gasteiger partial charge in [0, 0.05) is 6.20 Å². The molecule has 0 aromatic carbocycles. The highest BCUT2D eigenvalue weighted by Crippen LogP contribution is 2.35. The number of pyridine rings is 1. The smallest absolute Gasteiger partial charge is 0.284 e. The van der Waals surface area contributed by atoms with E-state index in [1.54, 1.807) is 30.9 Å². The van der Waals surface area contributed by atoms with Crippen molar-refractivity contribution in [3.63, 3.8) is 0 Å². The Morgan fingerprint density at radius 1 is 1.26 bits per heavy atom. The predicted octanol–water partition coefficient (Wildman–Crippen LogP) is 3.70. The Morgan fingerprint density at radius 2 is 2.11 bits per heavy atom. The van der Waals surface area contributed by atoms with Gasteiger partial charge in [-0.2, -0.15) is 0 Å². The predicted molar refractivity (Wildman–Crippen MR) is 104 cm³/mol. The Bertz CT molecular complexity index is 1130. The zero-order valence-electron chi connectivity index (χ0n) is 14.4. The number of carbonyl (C=O) groups is 1. The van der Waals surface area contributed by atoms with Crippen LogP contribution in [-0.4, -0.2) is 32.6 Å². The fraction of sp³-hybridized carbons (Fsp3) is 0.118. The number of hydrogen-bond acceptors (Lipinski definition) is 8. The molecule has 4 aromatic rings. The van der Waals surface area contributed by atoms with Gasteiger partial charge in [0.05, 0.1) is 39.4 Å². The molecule has 4 aromatic heterocycles. The van der Waals surface area contributed by atoms with E-state index in [-0.39, 0.29) is 0 Å². The standard InChI is InChI=1S/C17H15N5O3S2/c1-9-15(22-8-10(25-2)3-5-13(22)19-9)12-7-18-17(27-12)20-14-6-4-11(26-14)16(23)21-24/h3-8,24H,1-2H3,(H,18,20)(H,21,23). The van der Waals surface area contributed by atoms with Crippen LogP contribution < -0.4 is 15.5 Å². The van der Waals surface area contributed by atoms with E-state index in [4.69, 9.17) is 9.94 Å². The van der Waals surface area contributed by atoms with Gasteiger partial charge in [0.15, 0.2) is 5.13 Å². The van der Waals surface area contributed by atoms with E-state index >= 15 is 0 Å². The van der Waals surface area contributed by atoms with Gasteiger partial charge in [-0.25, -0.2) is 15.4 Å². The number of thiophene rings is 1. The van der Waals surface area contributed by atoms with E-state index in [0.29, 0.717) is 10.0 Å². The lowest BCUT2D eigenvalue weighted by Gasteiger charge is -2.03. The van der Waals surface area contributed by atoms with Crippen LogP contribution in [0.2, 0.25) is 0 Å². The molecule has 0 unspecified atom stereocenters. The Labute approximate surface area is 162 Å². The van der Waals surface area contributed by atoms with Crippen LogP contribution in [0.1, 0.15) is 15.4 Å². The van der Waals surface area contributed by atoms with Gasteiger partial charge in [-0.15, -0.1) is 11.3 Å². The number of imidazole rings is 1. The summed E-state index contributed by atoms with van der Waals surface area (Å²) in [5.41, 5.74) is 4.32. The van der Waals surface area contributed by atoms with Gasteiger partial charge in [0.2, 0.25) is 0 Å². The summed E-state index contributed by atoms with van der Waals surface area (Å²) < 4.78 is 7.30. The molecule has 27 heavy (non-hydrogen) atoms. The summed E-state index contributed by atoms with van der Waals surface area (Å²) in [4.78, 5) is 21.8. The highest BCUT2D eigenvalue weighted by Gasteiger charge is 2.15. The molecule has 0 fully saturated rings. The summed E-state index contributed by atoms with van der Waals surface area (Å²) >= 11 is 2.71. The van der Waals surface area contributed by atoms with Gasteiger partial charge < -0.3 is 10.1 Å². The van der Waals surface area contributed by atoms with Crippen LogP contribution in [0.3, 0.4) is 0 Å². The normalized spacial score (nSPS) is 10.9. The number of ether oxygens (including phenoxy) is 1. The Morgan fingerprint density at radius 3 is 2.89 bits per heavy atom. The summed E-state index contributed by atoms with van der Waals surface area (Å²) in [6.07, 6.45) is 3.69. The molecule has 0 saturated carbocycles. The first-order chi connectivity index (χ1) is 13.1. The topological polar surface area (TPSA) is 101 Å². The number of hydroxylamine groups is 1. The lowest BCUT2D eigenvalue weighted by atomic mass is 10.3. The molecule has 4 heterocycles. The first-order valence-corrected chi connectivity index (χ1v) is 9.52. The number of methoxy groups -OCH3 is 1. The van der Waals surface area contributed by atoms with Crippen molar-refractivity contribution >= 4 is 44.4 Å². The highest BCUT2D eigenvalue weighted by atomic mass is 32.1. The Kier molecular flexibility index (Phi) is 4.52. The minimum absolute atomic E-state index is 0.404. The monoisotopic (exact) mass is 401 g/mol. The van der Waals surface area contributed by atoms with Gasteiger partial charge in [-0.1, -0.05) is 11.3 Å². The number of thiazole rings is 1. The van der Waals surface area contributed by atoms with Crippen molar-refractivity contribution in [3.8, 4) is 16.3 Å². The van der Waals surface area contributed by atoms with E-state index in [1.165, 1.54) is 22.7 Å². The molecule has 0 aliphatic heterocycles. The second kappa shape index (κ2) is 6.99. The quantitative estimate of drug-likeness (QED) is 0.348. The Balaban J connectivity index is 1.65. The van der Waals surface area contributed by atoms with Gasteiger partial charge in [0.25, 0.3) is 5.91 Å². The van der Waals surface area contributed by atoms with Crippen LogP contribution in [0.4, 0.5) is 10.1 Å². The van der Waals surface area contributed by atoms with E-state index in [0.717, 1.165) is 32.7 Å². The van der Waals surface area contributed by atoms with Crippen LogP contribution >= 0.6 is 22.7 Å². The Hall–Kier alpha value is -2.95. The number of amides is 1. The first kappa shape index (κ1) is 17.5. The van der Waals surface area contributed by atoms with Crippen LogP contribution in [0.15, 0.2) is 36.7 Å². The zero-order valence-corrected chi connectivity index (χ0v) is 16.0. The second-order valence-electron chi connectivity index (χ2n) is 5.60. The molecule has 3 N–H and O–H groups in total. The summed E-state index contributed by atoms with van der Waals surface area (Å²) in [6, 6.07) is 7.19. The SMILES string of the molecule is COc1ccc2nc(C)c(-c3cnc(Nc4ccc(C(=O)NO)s4)s3)n2c1. The zero-order chi connectivity index (χ0) is 19.0. The van der Waals surface area contributed by atoms with Crippen molar-refractivity contribution in [1.29, 1.82) is 0 Å². The molecular formula is C17H15N5O3S2. The van der Waals surface area contributed by atoms with Gasteiger partial charge in [0.1, 0.15) is 11.4 Å². The van der Waals surface area contributed by atoms with Crippen molar-refractivity contribution in [2.24, 2.45) is 0 Å². The number of carbonyl (C=O) groups excluding carboxylic acids is 1. The lowest BCUT2D eigenvalue weighted by Crippen LogP contribution is -2.16. The number of nitrogens with zero attached hydrogens (tertiary/aromatic N) is 3. The van der Waals surface area contributed by atoms with Crippen molar-refractivity contribution in [2.75, 3.05) is 12.4 Å². The number of aryl methyl sites for hydroxylation is 1. The molecule has 4 rings (SSSR count). The van der Waals surface area contributed by atoms with Crippen LogP contribution in [0.25, 0.3) is 16.2 Å². The molecule has 0 aliphatic rings. The third-order valence-corrected chi connectivity index (χ3v) is 5.82. The average Bonchev–Trinajstić information content (AvgIpc) is 3.39. The van der Waals surface area contributed by atoms with Crippen molar-refractivity contribution in [1.82, 2.24) is 19.8 Å². The number of hydrogen-bond donors (Lipinski definition) is 3. The maximum atomic E-state index is 11.4. The highest BCUT2D eigenvalue weighted by molar-refractivity contribution is 7.20.